The lowest BCUT2D eigenvalue weighted by molar-refractivity contribution is 0.0662. The Bertz CT molecular complexity index is 1870. The largest absolute Gasteiger partial charge is 0.381 e. The Morgan fingerprint density at radius 3 is 2.57 bits per heavy atom. The van der Waals surface area contributed by atoms with E-state index in [1.54, 1.807) is 24.7 Å². The van der Waals surface area contributed by atoms with Crippen molar-refractivity contribution in [2.45, 2.75) is 55.9 Å². The van der Waals surface area contributed by atoms with Crippen LogP contribution in [0.5, 0.6) is 0 Å². The minimum Gasteiger partial charge on any atom is -0.381 e. The number of aromatic nitrogens is 7. The third-order valence-corrected chi connectivity index (χ3v) is 10.7. The minimum atomic E-state index is -3.49. The van der Waals surface area contributed by atoms with Crippen molar-refractivity contribution in [3.63, 3.8) is 0 Å². The number of pyridine rings is 1. The molecule has 0 bridgehead atoms. The Morgan fingerprint density at radius 2 is 1.79 bits per heavy atom. The van der Waals surface area contributed by atoms with Crippen molar-refractivity contribution in [1.82, 2.24) is 39.2 Å². The van der Waals surface area contributed by atoms with E-state index < -0.39 is 10.0 Å². The summed E-state index contributed by atoms with van der Waals surface area (Å²) in [5, 5.41) is 14.8. The molecule has 15 heteroatoms. The van der Waals surface area contributed by atoms with E-state index in [0.29, 0.717) is 48.5 Å². The molecule has 47 heavy (non-hydrogen) atoms. The number of nitrogens with zero attached hydrogens (tertiary/aromatic N) is 8. The highest BCUT2D eigenvalue weighted by Crippen LogP contribution is 2.31. The minimum absolute atomic E-state index is 0.273. The molecule has 0 atom stereocenters. The molecule has 6 heterocycles. The summed E-state index contributed by atoms with van der Waals surface area (Å²) in [5.41, 5.74) is 3.07. The molecule has 1 aliphatic carbocycles. The Hall–Kier alpha value is -4.39. The van der Waals surface area contributed by atoms with Crippen LogP contribution in [0.2, 0.25) is 0 Å². The molecule has 0 spiro atoms. The number of rotatable bonds is 10. The first-order chi connectivity index (χ1) is 23.0. The maximum absolute atomic E-state index is 12.7. The Labute approximate surface area is 273 Å². The van der Waals surface area contributed by atoms with Crippen LogP contribution in [0, 0.1) is 11.8 Å². The van der Waals surface area contributed by atoms with Crippen LogP contribution in [0.15, 0.2) is 49.3 Å². The van der Waals surface area contributed by atoms with Gasteiger partial charge in [-0.1, -0.05) is 11.8 Å². The monoisotopic (exact) mass is 660 g/mol. The van der Waals surface area contributed by atoms with Crippen molar-refractivity contribution in [2.75, 3.05) is 49.7 Å². The number of hydrogen-bond donors (Lipinski definition) is 2. The molecule has 2 N–H and O–H groups in total. The summed E-state index contributed by atoms with van der Waals surface area (Å²) in [5.74, 6) is 8.03. The molecule has 2 aliphatic heterocycles. The number of nitrogens with one attached hydrogen (secondary N) is 2. The molecule has 2 saturated heterocycles. The average Bonchev–Trinajstić information content (AvgIpc) is 3.66. The summed E-state index contributed by atoms with van der Waals surface area (Å²) >= 11 is 0. The number of hydrogen-bond acceptors (Lipinski definition) is 11. The fraction of sp³-hybridized carbons (Fsp3) is 0.469. The lowest BCUT2D eigenvalue weighted by atomic mass is 10.0. The van der Waals surface area contributed by atoms with Gasteiger partial charge in [-0.25, -0.2) is 27.8 Å². The van der Waals surface area contributed by atoms with Crippen molar-refractivity contribution in [3.05, 3.63) is 60.4 Å². The first kappa shape index (κ1) is 31.2. The van der Waals surface area contributed by atoms with E-state index in [9.17, 15) is 12.8 Å². The van der Waals surface area contributed by atoms with Crippen LogP contribution < -0.4 is 15.5 Å². The second-order valence-corrected chi connectivity index (χ2v) is 14.1. The molecule has 4 aromatic rings. The van der Waals surface area contributed by atoms with Gasteiger partial charge in [-0.05, 0) is 44.6 Å². The second kappa shape index (κ2) is 13.8. The SMILES string of the molecule is O=S(=O)(C1CC1)n1cc(-c2nccc(Nc3cc(N4CCC(NCCF)CC4)c(C#Cc4cnn(C5CCOCC5)c4)cn3)n2)cn1. The predicted molar refractivity (Wildman–Crippen MR) is 175 cm³/mol. The fourth-order valence-electron chi connectivity index (χ4n) is 5.92. The summed E-state index contributed by atoms with van der Waals surface area (Å²) in [6, 6.07) is 4.29. The summed E-state index contributed by atoms with van der Waals surface area (Å²) in [6.07, 6.45) is 15.0. The van der Waals surface area contributed by atoms with E-state index >= 15 is 0 Å². The molecule has 0 radical (unpaired) electrons. The Balaban J connectivity index is 1.12. The highest BCUT2D eigenvalue weighted by molar-refractivity contribution is 7.90. The first-order valence-electron chi connectivity index (χ1n) is 16.0. The fourth-order valence-corrected chi connectivity index (χ4v) is 7.40. The van der Waals surface area contributed by atoms with Gasteiger partial charge in [0.2, 0.25) is 0 Å². The van der Waals surface area contributed by atoms with Gasteiger partial charge in [-0.3, -0.25) is 4.68 Å². The molecular weight excluding hydrogens is 623 g/mol. The number of halogens is 1. The summed E-state index contributed by atoms with van der Waals surface area (Å²) < 4.78 is 46.4. The van der Waals surface area contributed by atoms with Crippen LogP contribution in [0.25, 0.3) is 11.4 Å². The van der Waals surface area contributed by atoms with E-state index in [4.69, 9.17) is 4.74 Å². The van der Waals surface area contributed by atoms with E-state index in [0.717, 1.165) is 72.9 Å². The van der Waals surface area contributed by atoms with Crippen molar-refractivity contribution < 1.29 is 17.5 Å². The molecule has 0 amide bonds. The third kappa shape index (κ3) is 7.29. The van der Waals surface area contributed by atoms with Crippen LogP contribution in [0.1, 0.15) is 55.7 Å². The molecule has 0 aromatic carbocycles. The molecule has 0 unspecified atom stereocenters. The van der Waals surface area contributed by atoms with Gasteiger partial charge in [-0.15, -0.1) is 0 Å². The molecular formula is C32H37FN10O3S. The highest BCUT2D eigenvalue weighted by atomic mass is 32.2. The predicted octanol–water partition coefficient (Wildman–Crippen LogP) is 3.29. The zero-order chi connectivity index (χ0) is 32.2. The summed E-state index contributed by atoms with van der Waals surface area (Å²) in [7, 11) is -3.49. The van der Waals surface area contributed by atoms with Crippen LogP contribution >= 0.6 is 0 Å². The van der Waals surface area contributed by atoms with Gasteiger partial charge in [0.25, 0.3) is 10.0 Å². The molecule has 7 rings (SSSR count). The van der Waals surface area contributed by atoms with Crippen LogP contribution in [0.4, 0.5) is 21.7 Å². The number of anilines is 3. The maximum Gasteiger partial charge on any atom is 0.256 e. The second-order valence-electron chi connectivity index (χ2n) is 12.0. The molecule has 4 aromatic heterocycles. The van der Waals surface area contributed by atoms with Crippen LogP contribution in [0.3, 0.4) is 0 Å². The normalized spacial score (nSPS) is 17.8. The summed E-state index contributed by atoms with van der Waals surface area (Å²) in [6.45, 7) is 3.05. The Morgan fingerprint density at radius 1 is 0.957 bits per heavy atom. The van der Waals surface area contributed by atoms with Gasteiger partial charge < -0.3 is 20.3 Å². The number of alkyl halides is 1. The highest BCUT2D eigenvalue weighted by Gasteiger charge is 2.37. The lowest BCUT2D eigenvalue weighted by Crippen LogP contribution is -2.43. The van der Waals surface area contributed by atoms with Gasteiger partial charge in [0.1, 0.15) is 18.3 Å². The molecule has 3 fully saturated rings. The number of piperidine rings is 1. The molecule has 3 aliphatic rings. The van der Waals surface area contributed by atoms with Gasteiger partial charge in [0.05, 0.1) is 52.3 Å². The smallest absolute Gasteiger partial charge is 0.256 e. The van der Waals surface area contributed by atoms with E-state index in [1.165, 1.54) is 12.4 Å². The zero-order valence-electron chi connectivity index (χ0n) is 25.9. The Kier molecular flexibility index (Phi) is 9.14. The van der Waals surface area contributed by atoms with E-state index in [1.807, 2.05) is 16.9 Å². The van der Waals surface area contributed by atoms with Crippen molar-refractivity contribution in [2.24, 2.45) is 0 Å². The lowest BCUT2D eigenvalue weighted by Gasteiger charge is -2.34. The van der Waals surface area contributed by atoms with Crippen LogP contribution in [-0.4, -0.2) is 93.2 Å². The molecule has 13 nitrogen and oxygen atoms in total. The zero-order valence-corrected chi connectivity index (χ0v) is 26.7. The van der Waals surface area contributed by atoms with E-state index in [-0.39, 0.29) is 18.0 Å². The first-order valence-corrected chi connectivity index (χ1v) is 17.5. The van der Waals surface area contributed by atoms with Gasteiger partial charge in [-0.2, -0.15) is 14.3 Å². The van der Waals surface area contributed by atoms with E-state index in [2.05, 4.69) is 52.5 Å². The van der Waals surface area contributed by atoms with Gasteiger partial charge >= 0.3 is 0 Å². The quantitative estimate of drug-likeness (QED) is 0.242. The van der Waals surface area contributed by atoms with Gasteiger partial charge in [0, 0.05) is 63.5 Å². The molecule has 1 saturated carbocycles. The molecule has 246 valence electrons. The third-order valence-electron chi connectivity index (χ3n) is 8.69. The number of ether oxygens (including phenoxy) is 1. The summed E-state index contributed by atoms with van der Waals surface area (Å²) in [4.78, 5) is 15.9. The average molecular weight is 661 g/mol. The standard InChI is InChI=1S/C32H37FN10O3S/c33-10-12-34-26-6-13-41(14-7-26)29-17-31(36-19-24(29)2-1-23-18-37-42(21-23)27-8-15-46-16-9-27)39-30-5-11-35-32(40-30)25-20-38-43(22-25)47(44,45)28-3-4-28/h5,11,17-22,26-28,34H,3-4,6-10,12-16H2,(H,35,36,39,40). The van der Waals surface area contributed by atoms with Crippen molar-refractivity contribution in [1.29, 1.82) is 0 Å². The van der Waals surface area contributed by atoms with Crippen molar-refractivity contribution >= 4 is 27.3 Å². The van der Waals surface area contributed by atoms with Gasteiger partial charge in [0.15, 0.2) is 5.82 Å². The van der Waals surface area contributed by atoms with Crippen LogP contribution in [-0.2, 0) is 14.8 Å². The van der Waals surface area contributed by atoms with Crippen molar-refractivity contribution in [3.8, 4) is 23.2 Å². The maximum atomic E-state index is 12.7. The topological polar surface area (TPSA) is 145 Å².